The quantitative estimate of drug-likeness (QED) is 0.496. The van der Waals surface area contributed by atoms with Gasteiger partial charge in [-0.1, -0.05) is 35.6 Å². The fourth-order valence-electron chi connectivity index (χ4n) is 2.97. The molecule has 7 heteroatoms. The van der Waals surface area contributed by atoms with E-state index in [2.05, 4.69) is 15.3 Å². The molecular formula is C21H19N3O3S. The monoisotopic (exact) mass is 393 g/mol. The standard InChI is InChI=1S/C21H19N3O3S/c1-3-26-12-15-14-8-4-5-10-17(14)27-18(15)20(25)24-21-23-13(2)19(28-21)16-9-6-7-11-22-16/h4-11H,3,12H2,1-2H3,(H,23,24,25). The predicted octanol–water partition coefficient (Wildman–Crippen LogP) is 5.05. The topological polar surface area (TPSA) is 77.2 Å². The zero-order chi connectivity index (χ0) is 19.5. The van der Waals surface area contributed by atoms with E-state index >= 15 is 0 Å². The molecule has 0 fully saturated rings. The molecule has 0 atom stereocenters. The zero-order valence-electron chi connectivity index (χ0n) is 15.6. The number of hydrogen-bond donors (Lipinski definition) is 1. The summed E-state index contributed by atoms with van der Waals surface area (Å²) < 4.78 is 11.4. The molecule has 1 amide bonds. The van der Waals surface area contributed by atoms with E-state index < -0.39 is 0 Å². The van der Waals surface area contributed by atoms with Crippen molar-refractivity contribution in [2.75, 3.05) is 11.9 Å². The first-order valence-corrected chi connectivity index (χ1v) is 9.77. The second-order valence-corrected chi connectivity index (χ2v) is 7.14. The van der Waals surface area contributed by atoms with Crippen LogP contribution in [0, 0.1) is 6.92 Å². The molecule has 1 aromatic carbocycles. The molecule has 4 rings (SSSR count). The number of benzene rings is 1. The Morgan fingerprint density at radius 1 is 1.21 bits per heavy atom. The molecule has 0 aliphatic heterocycles. The van der Waals surface area contributed by atoms with E-state index in [1.54, 1.807) is 6.20 Å². The number of para-hydroxylation sites is 1. The molecule has 0 radical (unpaired) electrons. The first kappa shape index (κ1) is 18.3. The van der Waals surface area contributed by atoms with E-state index in [1.807, 2.05) is 56.3 Å². The second-order valence-electron chi connectivity index (χ2n) is 6.15. The van der Waals surface area contributed by atoms with Crippen LogP contribution in [0.4, 0.5) is 5.13 Å². The number of aromatic nitrogens is 2. The van der Waals surface area contributed by atoms with Gasteiger partial charge in [-0.25, -0.2) is 4.98 Å². The van der Waals surface area contributed by atoms with Gasteiger partial charge in [-0.3, -0.25) is 15.1 Å². The van der Waals surface area contributed by atoms with Gasteiger partial charge in [0.15, 0.2) is 10.9 Å². The molecule has 1 N–H and O–H groups in total. The largest absolute Gasteiger partial charge is 0.451 e. The summed E-state index contributed by atoms with van der Waals surface area (Å²) in [6, 6.07) is 13.3. The van der Waals surface area contributed by atoms with Crippen molar-refractivity contribution in [1.29, 1.82) is 0 Å². The van der Waals surface area contributed by atoms with Gasteiger partial charge in [-0.05, 0) is 32.0 Å². The second kappa shape index (κ2) is 7.92. The van der Waals surface area contributed by atoms with Gasteiger partial charge in [0.2, 0.25) is 0 Å². The van der Waals surface area contributed by atoms with Crippen molar-refractivity contribution >= 4 is 33.3 Å². The molecule has 28 heavy (non-hydrogen) atoms. The van der Waals surface area contributed by atoms with Crippen LogP contribution in [0.5, 0.6) is 0 Å². The lowest BCUT2D eigenvalue weighted by Crippen LogP contribution is -2.13. The Kier molecular flexibility index (Phi) is 5.18. The van der Waals surface area contributed by atoms with Crippen LogP contribution in [0.25, 0.3) is 21.5 Å². The van der Waals surface area contributed by atoms with Gasteiger partial charge >= 0.3 is 0 Å². The van der Waals surface area contributed by atoms with E-state index in [4.69, 9.17) is 9.15 Å². The summed E-state index contributed by atoms with van der Waals surface area (Å²) in [5, 5.41) is 4.24. The zero-order valence-corrected chi connectivity index (χ0v) is 16.4. The highest BCUT2D eigenvalue weighted by Gasteiger charge is 2.22. The van der Waals surface area contributed by atoms with Crippen LogP contribution < -0.4 is 5.32 Å². The average Bonchev–Trinajstić information content (AvgIpc) is 3.27. The van der Waals surface area contributed by atoms with Gasteiger partial charge < -0.3 is 9.15 Å². The lowest BCUT2D eigenvalue weighted by molar-refractivity contribution is 0.0984. The summed E-state index contributed by atoms with van der Waals surface area (Å²) in [7, 11) is 0. The number of anilines is 1. The van der Waals surface area contributed by atoms with Crippen molar-refractivity contribution in [1.82, 2.24) is 9.97 Å². The highest BCUT2D eigenvalue weighted by atomic mass is 32.1. The smallest absolute Gasteiger partial charge is 0.293 e. The molecule has 0 spiro atoms. The number of rotatable bonds is 6. The van der Waals surface area contributed by atoms with Crippen molar-refractivity contribution in [3.63, 3.8) is 0 Å². The molecule has 0 unspecified atom stereocenters. The Morgan fingerprint density at radius 3 is 2.82 bits per heavy atom. The number of nitrogens with one attached hydrogen (secondary N) is 1. The molecule has 0 saturated carbocycles. The van der Waals surface area contributed by atoms with Crippen molar-refractivity contribution < 1.29 is 13.9 Å². The van der Waals surface area contributed by atoms with Crippen molar-refractivity contribution in [3.05, 3.63) is 65.7 Å². The Balaban J connectivity index is 1.64. The van der Waals surface area contributed by atoms with Gasteiger partial charge in [-0.2, -0.15) is 0 Å². The number of hydrogen-bond acceptors (Lipinski definition) is 6. The lowest BCUT2D eigenvalue weighted by Gasteiger charge is -2.03. The number of ether oxygens (including phenoxy) is 1. The number of nitrogens with zero attached hydrogens (tertiary/aromatic N) is 2. The molecule has 0 saturated heterocycles. The van der Waals surface area contributed by atoms with E-state index in [1.165, 1.54) is 11.3 Å². The van der Waals surface area contributed by atoms with Crippen molar-refractivity contribution in [3.8, 4) is 10.6 Å². The maximum atomic E-state index is 12.9. The third-order valence-corrected chi connectivity index (χ3v) is 5.37. The van der Waals surface area contributed by atoms with Crippen LogP contribution in [0.1, 0.15) is 28.7 Å². The molecule has 4 aromatic rings. The SMILES string of the molecule is CCOCc1c(C(=O)Nc2nc(C)c(-c3ccccn3)s2)oc2ccccc12. The van der Waals surface area contributed by atoms with Gasteiger partial charge in [-0.15, -0.1) is 0 Å². The predicted molar refractivity (Wildman–Crippen MR) is 110 cm³/mol. The highest BCUT2D eigenvalue weighted by molar-refractivity contribution is 7.19. The van der Waals surface area contributed by atoms with Crippen LogP contribution in [-0.2, 0) is 11.3 Å². The summed E-state index contributed by atoms with van der Waals surface area (Å²) in [6.45, 7) is 4.68. The van der Waals surface area contributed by atoms with Crippen LogP contribution >= 0.6 is 11.3 Å². The molecule has 3 heterocycles. The number of amides is 1. The van der Waals surface area contributed by atoms with Crippen LogP contribution in [0.15, 0.2) is 53.1 Å². The molecule has 0 bridgehead atoms. The molecular weight excluding hydrogens is 374 g/mol. The minimum atomic E-state index is -0.341. The fraction of sp³-hybridized carbons (Fsp3) is 0.190. The molecule has 0 aliphatic rings. The minimum absolute atomic E-state index is 0.252. The first-order valence-electron chi connectivity index (χ1n) is 8.95. The first-order chi connectivity index (χ1) is 13.7. The van der Waals surface area contributed by atoms with Crippen LogP contribution in [0.2, 0.25) is 0 Å². The van der Waals surface area contributed by atoms with E-state index in [0.717, 1.165) is 27.2 Å². The number of fused-ring (bicyclic) bond motifs is 1. The minimum Gasteiger partial charge on any atom is -0.451 e. The number of thiazole rings is 1. The van der Waals surface area contributed by atoms with E-state index in [-0.39, 0.29) is 11.7 Å². The maximum Gasteiger partial charge on any atom is 0.293 e. The van der Waals surface area contributed by atoms with Gasteiger partial charge in [0, 0.05) is 23.8 Å². The fourth-order valence-corrected chi connectivity index (χ4v) is 3.91. The Labute approximate surface area is 166 Å². The third-order valence-electron chi connectivity index (χ3n) is 4.27. The number of aryl methyl sites for hydroxylation is 1. The summed E-state index contributed by atoms with van der Waals surface area (Å²) in [4.78, 5) is 22.7. The van der Waals surface area contributed by atoms with Crippen LogP contribution in [-0.4, -0.2) is 22.5 Å². The van der Waals surface area contributed by atoms with Crippen molar-refractivity contribution in [2.45, 2.75) is 20.5 Å². The normalized spacial score (nSPS) is 11.1. The van der Waals surface area contributed by atoms with Gasteiger partial charge in [0.05, 0.1) is 22.9 Å². The third kappa shape index (κ3) is 3.54. The average molecular weight is 393 g/mol. The number of pyridine rings is 1. The molecule has 0 aliphatic carbocycles. The van der Waals surface area contributed by atoms with Crippen LogP contribution in [0.3, 0.4) is 0 Å². The summed E-state index contributed by atoms with van der Waals surface area (Å²) >= 11 is 1.39. The highest BCUT2D eigenvalue weighted by Crippen LogP contribution is 2.32. The van der Waals surface area contributed by atoms with E-state index in [9.17, 15) is 4.79 Å². The summed E-state index contributed by atoms with van der Waals surface area (Å²) in [6.07, 6.45) is 1.74. The summed E-state index contributed by atoms with van der Waals surface area (Å²) in [5.41, 5.74) is 3.05. The molecule has 3 aromatic heterocycles. The number of carbonyl (C=O) groups is 1. The maximum absolute atomic E-state index is 12.9. The molecule has 6 nitrogen and oxygen atoms in total. The Morgan fingerprint density at radius 2 is 2.04 bits per heavy atom. The molecule has 142 valence electrons. The summed E-state index contributed by atoms with van der Waals surface area (Å²) in [5.74, 6) is -0.0888. The van der Waals surface area contributed by atoms with E-state index in [0.29, 0.717) is 23.9 Å². The number of carbonyl (C=O) groups excluding carboxylic acids is 1. The van der Waals surface area contributed by atoms with Gasteiger partial charge in [0.1, 0.15) is 5.58 Å². The lowest BCUT2D eigenvalue weighted by atomic mass is 10.1. The Bertz CT molecular complexity index is 1120. The Hall–Kier alpha value is -3.03. The van der Waals surface area contributed by atoms with Gasteiger partial charge in [0.25, 0.3) is 5.91 Å². The number of furan rings is 1. The van der Waals surface area contributed by atoms with Crippen molar-refractivity contribution in [2.24, 2.45) is 0 Å².